The molecule has 0 saturated heterocycles. The number of ether oxygens (including phenoxy) is 1. The average molecular weight is 395 g/mol. The lowest BCUT2D eigenvalue weighted by atomic mass is 10.0. The monoisotopic (exact) mass is 395 g/mol. The summed E-state index contributed by atoms with van der Waals surface area (Å²) in [7, 11) is 1.42. The van der Waals surface area contributed by atoms with Crippen molar-refractivity contribution in [3.63, 3.8) is 0 Å². The Bertz CT molecular complexity index is 771. The number of amides is 1. The normalized spacial score (nSPS) is 15.0. The average Bonchev–Trinajstić information content (AvgIpc) is 2.75. The van der Waals surface area contributed by atoms with Crippen LogP contribution in [0.1, 0.15) is 11.1 Å². The Morgan fingerprint density at radius 2 is 2.05 bits per heavy atom. The number of carbonyl (C=O) groups excluding carboxylic acids is 1. The lowest BCUT2D eigenvalue weighted by Crippen LogP contribution is -2.03. The SMILES string of the molecule is COc1ccc(C=C2C(=O)Nc3ccc(I)cc32)cc1F. The summed E-state index contributed by atoms with van der Waals surface area (Å²) >= 11 is 2.19. The molecule has 0 bridgehead atoms. The maximum absolute atomic E-state index is 13.7. The topological polar surface area (TPSA) is 38.3 Å². The highest BCUT2D eigenvalue weighted by Crippen LogP contribution is 2.34. The zero-order chi connectivity index (χ0) is 15.0. The van der Waals surface area contributed by atoms with Crippen LogP contribution in [0.25, 0.3) is 11.6 Å². The number of benzene rings is 2. The van der Waals surface area contributed by atoms with E-state index in [1.54, 1.807) is 18.2 Å². The molecule has 5 heteroatoms. The van der Waals surface area contributed by atoms with Crippen LogP contribution in [0.5, 0.6) is 5.75 Å². The predicted octanol–water partition coefficient (Wildman–Crippen LogP) is 3.93. The Morgan fingerprint density at radius 3 is 2.76 bits per heavy atom. The zero-order valence-corrected chi connectivity index (χ0v) is 13.3. The number of carbonyl (C=O) groups is 1. The molecule has 0 aromatic heterocycles. The fourth-order valence-corrected chi connectivity index (χ4v) is 2.73. The summed E-state index contributed by atoms with van der Waals surface area (Å²) in [6.07, 6.45) is 1.68. The number of anilines is 1. The standard InChI is InChI=1S/C16H11FINO2/c1-21-15-5-2-9(7-13(15)17)6-12-11-8-10(18)3-4-14(11)19-16(12)20/h2-8H,1H3,(H,19,20). The smallest absolute Gasteiger partial charge is 0.256 e. The van der Waals surface area contributed by atoms with Gasteiger partial charge in [0.05, 0.1) is 7.11 Å². The summed E-state index contributed by atoms with van der Waals surface area (Å²) in [4.78, 5) is 12.1. The lowest BCUT2D eigenvalue weighted by Gasteiger charge is -2.03. The molecule has 1 N–H and O–H groups in total. The zero-order valence-electron chi connectivity index (χ0n) is 11.1. The second kappa shape index (κ2) is 5.48. The van der Waals surface area contributed by atoms with Crippen molar-refractivity contribution in [2.24, 2.45) is 0 Å². The highest BCUT2D eigenvalue weighted by molar-refractivity contribution is 14.1. The van der Waals surface area contributed by atoms with Crippen LogP contribution in [0.15, 0.2) is 36.4 Å². The van der Waals surface area contributed by atoms with E-state index in [2.05, 4.69) is 27.9 Å². The van der Waals surface area contributed by atoms with Gasteiger partial charge in [0, 0.05) is 20.4 Å². The minimum absolute atomic E-state index is 0.178. The first-order valence-corrected chi connectivity index (χ1v) is 7.33. The number of halogens is 2. The number of nitrogens with one attached hydrogen (secondary N) is 1. The van der Waals surface area contributed by atoms with Gasteiger partial charge in [0.2, 0.25) is 0 Å². The Balaban J connectivity index is 2.06. The van der Waals surface area contributed by atoms with E-state index in [0.717, 1.165) is 14.8 Å². The molecule has 3 nitrogen and oxygen atoms in total. The molecular formula is C16H11FINO2. The fourth-order valence-electron chi connectivity index (χ4n) is 2.24. The van der Waals surface area contributed by atoms with Gasteiger partial charge < -0.3 is 10.1 Å². The molecule has 1 heterocycles. The highest BCUT2D eigenvalue weighted by atomic mass is 127. The quantitative estimate of drug-likeness (QED) is 0.618. The molecule has 0 saturated carbocycles. The van der Waals surface area contributed by atoms with Gasteiger partial charge in [-0.05, 0) is 64.6 Å². The minimum atomic E-state index is -0.451. The molecular weight excluding hydrogens is 384 g/mol. The number of rotatable bonds is 2. The Hall–Kier alpha value is -1.89. The van der Waals surface area contributed by atoms with E-state index in [9.17, 15) is 9.18 Å². The molecule has 21 heavy (non-hydrogen) atoms. The van der Waals surface area contributed by atoms with Gasteiger partial charge in [0.1, 0.15) is 0 Å². The summed E-state index contributed by atoms with van der Waals surface area (Å²) < 4.78 is 19.6. The molecule has 1 aliphatic heterocycles. The van der Waals surface area contributed by atoms with Crippen molar-refractivity contribution in [2.75, 3.05) is 12.4 Å². The maximum atomic E-state index is 13.7. The van der Waals surface area contributed by atoms with Crippen LogP contribution in [0.2, 0.25) is 0 Å². The molecule has 0 fully saturated rings. The third-order valence-electron chi connectivity index (χ3n) is 3.25. The fraction of sp³-hybridized carbons (Fsp3) is 0.0625. The number of fused-ring (bicyclic) bond motifs is 1. The van der Waals surface area contributed by atoms with Crippen molar-refractivity contribution in [3.05, 3.63) is 56.9 Å². The molecule has 0 atom stereocenters. The summed E-state index contributed by atoms with van der Waals surface area (Å²) in [6, 6.07) is 10.3. The molecule has 1 aliphatic rings. The summed E-state index contributed by atoms with van der Waals surface area (Å²) in [6.45, 7) is 0. The van der Waals surface area contributed by atoms with E-state index in [1.165, 1.54) is 13.2 Å². The molecule has 0 unspecified atom stereocenters. The summed E-state index contributed by atoms with van der Waals surface area (Å²) in [5.74, 6) is -0.445. The molecule has 1 amide bonds. The van der Waals surface area contributed by atoms with Gasteiger partial charge in [-0.1, -0.05) is 6.07 Å². The molecule has 2 aromatic carbocycles. The second-order valence-corrected chi connectivity index (χ2v) is 5.84. The molecule has 106 valence electrons. The van der Waals surface area contributed by atoms with Crippen LogP contribution in [-0.2, 0) is 4.79 Å². The van der Waals surface area contributed by atoms with Crippen LogP contribution in [-0.4, -0.2) is 13.0 Å². The van der Waals surface area contributed by atoms with Crippen molar-refractivity contribution < 1.29 is 13.9 Å². The van der Waals surface area contributed by atoms with Crippen LogP contribution < -0.4 is 10.1 Å². The Labute approximate surface area is 135 Å². The van der Waals surface area contributed by atoms with Gasteiger partial charge in [0.25, 0.3) is 5.91 Å². The third-order valence-corrected chi connectivity index (χ3v) is 3.92. The van der Waals surface area contributed by atoms with Crippen LogP contribution in [0.4, 0.5) is 10.1 Å². The molecule has 3 rings (SSSR count). The first kappa shape index (κ1) is 14.1. The van der Waals surface area contributed by atoms with Gasteiger partial charge in [-0.2, -0.15) is 0 Å². The van der Waals surface area contributed by atoms with Crippen molar-refractivity contribution in [3.8, 4) is 5.75 Å². The van der Waals surface area contributed by atoms with Gasteiger partial charge in [-0.25, -0.2) is 4.39 Å². The van der Waals surface area contributed by atoms with E-state index in [4.69, 9.17) is 4.74 Å². The van der Waals surface area contributed by atoms with E-state index < -0.39 is 5.82 Å². The van der Waals surface area contributed by atoms with Crippen LogP contribution in [0, 0.1) is 9.39 Å². The Morgan fingerprint density at radius 1 is 1.24 bits per heavy atom. The third kappa shape index (κ3) is 2.65. The first-order valence-electron chi connectivity index (χ1n) is 6.25. The predicted molar refractivity (Wildman–Crippen MR) is 88.6 cm³/mol. The highest BCUT2D eigenvalue weighted by Gasteiger charge is 2.24. The molecule has 0 aliphatic carbocycles. The minimum Gasteiger partial charge on any atom is -0.494 e. The van der Waals surface area contributed by atoms with Crippen molar-refractivity contribution in [1.82, 2.24) is 0 Å². The maximum Gasteiger partial charge on any atom is 0.256 e. The van der Waals surface area contributed by atoms with Crippen LogP contribution >= 0.6 is 22.6 Å². The van der Waals surface area contributed by atoms with E-state index >= 15 is 0 Å². The molecule has 2 aromatic rings. The van der Waals surface area contributed by atoms with Gasteiger partial charge >= 0.3 is 0 Å². The first-order chi connectivity index (χ1) is 10.1. The second-order valence-electron chi connectivity index (χ2n) is 4.60. The van der Waals surface area contributed by atoms with Crippen molar-refractivity contribution >= 4 is 45.8 Å². The largest absolute Gasteiger partial charge is 0.494 e. The van der Waals surface area contributed by atoms with Gasteiger partial charge in [-0.15, -0.1) is 0 Å². The van der Waals surface area contributed by atoms with E-state index in [0.29, 0.717) is 11.1 Å². The van der Waals surface area contributed by atoms with E-state index in [-0.39, 0.29) is 11.7 Å². The van der Waals surface area contributed by atoms with Crippen LogP contribution in [0.3, 0.4) is 0 Å². The van der Waals surface area contributed by atoms with Crippen molar-refractivity contribution in [2.45, 2.75) is 0 Å². The van der Waals surface area contributed by atoms with Crippen molar-refractivity contribution in [1.29, 1.82) is 0 Å². The lowest BCUT2D eigenvalue weighted by molar-refractivity contribution is -0.110. The van der Waals surface area contributed by atoms with Gasteiger partial charge in [-0.3, -0.25) is 4.79 Å². The number of hydrogen-bond acceptors (Lipinski definition) is 2. The number of methoxy groups -OCH3 is 1. The summed E-state index contributed by atoms with van der Waals surface area (Å²) in [5.41, 5.74) is 2.77. The van der Waals surface area contributed by atoms with E-state index in [1.807, 2.05) is 18.2 Å². The number of hydrogen-bond donors (Lipinski definition) is 1. The Kier molecular flexibility index (Phi) is 3.67. The molecule has 0 radical (unpaired) electrons. The van der Waals surface area contributed by atoms with Gasteiger partial charge in [0.15, 0.2) is 11.6 Å². The summed E-state index contributed by atoms with van der Waals surface area (Å²) in [5, 5.41) is 2.80. The molecule has 0 spiro atoms.